The summed E-state index contributed by atoms with van der Waals surface area (Å²) in [6, 6.07) is 2.77. The quantitative estimate of drug-likeness (QED) is 0.878. The number of hydrogen-bond acceptors (Lipinski definition) is 5. The van der Waals surface area contributed by atoms with Crippen molar-refractivity contribution < 1.29 is 0 Å². The van der Waals surface area contributed by atoms with Crippen LogP contribution in [0.5, 0.6) is 0 Å². The Labute approximate surface area is 116 Å². The fourth-order valence-corrected chi connectivity index (χ4v) is 2.48. The van der Waals surface area contributed by atoms with Crippen molar-refractivity contribution in [2.45, 2.75) is 32.2 Å². The summed E-state index contributed by atoms with van der Waals surface area (Å²) in [6.07, 6.45) is 5.17. The highest BCUT2D eigenvalue weighted by molar-refractivity contribution is 5.48. The van der Waals surface area contributed by atoms with Crippen LogP contribution >= 0.6 is 0 Å². The fourth-order valence-electron chi connectivity index (χ4n) is 2.48. The van der Waals surface area contributed by atoms with Gasteiger partial charge in [0.2, 0.25) is 0 Å². The van der Waals surface area contributed by atoms with E-state index in [0.29, 0.717) is 6.04 Å². The summed E-state index contributed by atoms with van der Waals surface area (Å²) in [5.41, 5.74) is 0. The van der Waals surface area contributed by atoms with Crippen molar-refractivity contribution in [3.8, 4) is 0 Å². The minimum Gasteiger partial charge on any atom is -0.370 e. The van der Waals surface area contributed by atoms with Gasteiger partial charge >= 0.3 is 0 Å². The zero-order chi connectivity index (χ0) is 13.7. The Morgan fingerprint density at radius 3 is 2.68 bits per heavy atom. The lowest BCUT2D eigenvalue weighted by molar-refractivity contribution is 0.249. The molecule has 2 rings (SSSR count). The number of aromatic nitrogens is 2. The first kappa shape index (κ1) is 14.1. The number of anilines is 2. The third-order valence-electron chi connectivity index (χ3n) is 3.73. The smallest absolute Gasteiger partial charge is 0.134 e. The van der Waals surface area contributed by atoms with Crippen molar-refractivity contribution in [2.75, 3.05) is 43.9 Å². The van der Waals surface area contributed by atoms with Crippen LogP contribution in [-0.2, 0) is 0 Å². The van der Waals surface area contributed by atoms with Crippen molar-refractivity contribution in [1.29, 1.82) is 0 Å². The molecule has 0 amide bonds. The first-order valence-corrected chi connectivity index (χ1v) is 7.18. The molecule has 0 aromatic carbocycles. The molecule has 1 aromatic rings. The van der Waals surface area contributed by atoms with Gasteiger partial charge in [-0.3, -0.25) is 0 Å². The van der Waals surface area contributed by atoms with E-state index in [1.54, 1.807) is 6.33 Å². The zero-order valence-electron chi connectivity index (χ0n) is 12.3. The van der Waals surface area contributed by atoms with Crippen LogP contribution < -0.4 is 10.2 Å². The van der Waals surface area contributed by atoms with Gasteiger partial charge in [-0.25, -0.2) is 9.97 Å². The molecule has 0 aliphatic carbocycles. The summed E-state index contributed by atoms with van der Waals surface area (Å²) in [4.78, 5) is 13.3. The van der Waals surface area contributed by atoms with E-state index in [2.05, 4.69) is 52.2 Å². The second-order valence-electron chi connectivity index (χ2n) is 5.37. The molecule has 1 N–H and O–H groups in total. The molecule has 1 aliphatic heterocycles. The van der Waals surface area contributed by atoms with Crippen LogP contribution in [0.3, 0.4) is 0 Å². The first-order valence-electron chi connectivity index (χ1n) is 7.18. The standard InChI is InChI=1S/C14H25N5/c1-4-7-15-13-10-14(17-11-16-13)19-8-5-12(6-9-19)18(2)3/h10-12H,4-9H2,1-3H3,(H,15,16,17). The Morgan fingerprint density at radius 1 is 1.32 bits per heavy atom. The van der Waals surface area contributed by atoms with Gasteiger partial charge in [0.05, 0.1) is 0 Å². The molecule has 5 heteroatoms. The van der Waals surface area contributed by atoms with E-state index in [9.17, 15) is 0 Å². The van der Waals surface area contributed by atoms with Crippen molar-refractivity contribution in [2.24, 2.45) is 0 Å². The lowest BCUT2D eigenvalue weighted by Crippen LogP contribution is -2.42. The van der Waals surface area contributed by atoms with Crippen LogP contribution in [0, 0.1) is 0 Å². The van der Waals surface area contributed by atoms with Gasteiger partial charge < -0.3 is 15.1 Å². The molecule has 0 unspecified atom stereocenters. The average Bonchev–Trinajstić information content (AvgIpc) is 2.45. The average molecular weight is 263 g/mol. The second-order valence-corrected chi connectivity index (χ2v) is 5.37. The monoisotopic (exact) mass is 263 g/mol. The van der Waals surface area contributed by atoms with Gasteiger partial charge in [-0.1, -0.05) is 6.92 Å². The van der Waals surface area contributed by atoms with Crippen LogP contribution in [-0.4, -0.2) is 54.6 Å². The van der Waals surface area contributed by atoms with E-state index in [-0.39, 0.29) is 0 Å². The molecule has 0 atom stereocenters. The first-order chi connectivity index (χ1) is 9.20. The third kappa shape index (κ3) is 3.80. The van der Waals surface area contributed by atoms with Crippen LogP contribution in [0.1, 0.15) is 26.2 Å². The molecule has 1 saturated heterocycles. The second kappa shape index (κ2) is 6.70. The predicted octanol–water partition coefficient (Wildman–Crippen LogP) is 1.83. The largest absolute Gasteiger partial charge is 0.370 e. The van der Waals surface area contributed by atoms with Crippen LogP contribution in [0.4, 0.5) is 11.6 Å². The normalized spacial score (nSPS) is 16.9. The van der Waals surface area contributed by atoms with Gasteiger partial charge in [-0.15, -0.1) is 0 Å². The van der Waals surface area contributed by atoms with Crippen molar-refractivity contribution in [1.82, 2.24) is 14.9 Å². The Hall–Kier alpha value is -1.36. The lowest BCUT2D eigenvalue weighted by Gasteiger charge is -2.35. The predicted molar refractivity (Wildman–Crippen MR) is 79.7 cm³/mol. The molecular weight excluding hydrogens is 238 g/mol. The Bertz CT molecular complexity index is 385. The maximum absolute atomic E-state index is 4.40. The highest BCUT2D eigenvalue weighted by Crippen LogP contribution is 2.21. The van der Waals surface area contributed by atoms with E-state index in [0.717, 1.165) is 37.7 Å². The molecule has 19 heavy (non-hydrogen) atoms. The van der Waals surface area contributed by atoms with Crippen LogP contribution in [0.2, 0.25) is 0 Å². The van der Waals surface area contributed by atoms with Crippen molar-refractivity contribution in [3.05, 3.63) is 12.4 Å². The minimum atomic E-state index is 0.704. The molecule has 0 radical (unpaired) electrons. The molecule has 0 bridgehead atoms. The van der Waals surface area contributed by atoms with E-state index < -0.39 is 0 Å². The highest BCUT2D eigenvalue weighted by atomic mass is 15.2. The third-order valence-corrected chi connectivity index (χ3v) is 3.73. The Morgan fingerprint density at radius 2 is 2.05 bits per heavy atom. The van der Waals surface area contributed by atoms with Crippen LogP contribution in [0.25, 0.3) is 0 Å². The molecule has 5 nitrogen and oxygen atoms in total. The van der Waals surface area contributed by atoms with E-state index in [1.807, 2.05) is 0 Å². The summed E-state index contributed by atoms with van der Waals surface area (Å²) < 4.78 is 0. The van der Waals surface area contributed by atoms with Crippen molar-refractivity contribution >= 4 is 11.6 Å². The lowest BCUT2D eigenvalue weighted by atomic mass is 10.0. The summed E-state index contributed by atoms with van der Waals surface area (Å²) in [6.45, 7) is 5.26. The molecule has 0 spiro atoms. The number of nitrogens with zero attached hydrogens (tertiary/aromatic N) is 4. The summed E-state index contributed by atoms with van der Waals surface area (Å²) >= 11 is 0. The molecular formula is C14H25N5. The van der Waals surface area contributed by atoms with Gasteiger partial charge in [0.25, 0.3) is 0 Å². The molecule has 0 saturated carbocycles. The summed E-state index contributed by atoms with van der Waals surface area (Å²) in [7, 11) is 4.33. The number of piperidine rings is 1. The number of hydrogen-bond donors (Lipinski definition) is 1. The zero-order valence-corrected chi connectivity index (χ0v) is 12.3. The van der Waals surface area contributed by atoms with Gasteiger partial charge in [0, 0.05) is 31.7 Å². The maximum atomic E-state index is 4.40. The molecule has 106 valence electrons. The van der Waals surface area contributed by atoms with Gasteiger partial charge in [-0.05, 0) is 33.4 Å². The molecule has 2 heterocycles. The number of rotatable bonds is 5. The van der Waals surface area contributed by atoms with Gasteiger partial charge in [0.1, 0.15) is 18.0 Å². The molecule has 1 aromatic heterocycles. The van der Waals surface area contributed by atoms with E-state index >= 15 is 0 Å². The topological polar surface area (TPSA) is 44.3 Å². The van der Waals surface area contributed by atoms with E-state index in [4.69, 9.17) is 0 Å². The highest BCUT2D eigenvalue weighted by Gasteiger charge is 2.21. The summed E-state index contributed by atoms with van der Waals surface area (Å²) in [5.74, 6) is 1.98. The van der Waals surface area contributed by atoms with Gasteiger partial charge in [-0.2, -0.15) is 0 Å². The van der Waals surface area contributed by atoms with Crippen LogP contribution in [0.15, 0.2) is 12.4 Å². The van der Waals surface area contributed by atoms with E-state index in [1.165, 1.54) is 12.8 Å². The van der Waals surface area contributed by atoms with Gasteiger partial charge in [0.15, 0.2) is 0 Å². The summed E-state index contributed by atoms with van der Waals surface area (Å²) in [5, 5.41) is 3.31. The Kier molecular flexibility index (Phi) is 4.96. The van der Waals surface area contributed by atoms with Crippen molar-refractivity contribution in [3.63, 3.8) is 0 Å². The minimum absolute atomic E-state index is 0.704. The Balaban J connectivity index is 1.95. The molecule has 1 fully saturated rings. The fraction of sp³-hybridized carbons (Fsp3) is 0.714. The maximum Gasteiger partial charge on any atom is 0.134 e. The molecule has 1 aliphatic rings. The SMILES string of the molecule is CCCNc1cc(N2CCC(N(C)C)CC2)ncn1. The number of nitrogens with one attached hydrogen (secondary N) is 1.